The summed E-state index contributed by atoms with van der Waals surface area (Å²) >= 11 is 0. The Hall–Kier alpha value is -3.96. The summed E-state index contributed by atoms with van der Waals surface area (Å²) in [6.07, 6.45) is 0.156. The topological polar surface area (TPSA) is 90.9 Å². The molecule has 0 aromatic heterocycles. The van der Waals surface area contributed by atoms with Crippen LogP contribution in [0.2, 0.25) is 0 Å². The molecule has 3 aromatic rings. The normalized spacial score (nSPS) is 16.4. The van der Waals surface area contributed by atoms with E-state index in [1.165, 1.54) is 42.3 Å². The molecular formula is C33H37F4N3O4. The third kappa shape index (κ3) is 7.22. The number of rotatable bonds is 10. The third-order valence-corrected chi connectivity index (χ3v) is 8.13. The van der Waals surface area contributed by atoms with Gasteiger partial charge < -0.3 is 25.4 Å². The summed E-state index contributed by atoms with van der Waals surface area (Å²) in [5.74, 6) is -4.80. The fourth-order valence-electron chi connectivity index (χ4n) is 5.97. The Morgan fingerprint density at radius 1 is 1.05 bits per heavy atom. The zero-order valence-corrected chi connectivity index (χ0v) is 25.0. The number of nitrogens with one attached hydrogen (secondary N) is 2. The van der Waals surface area contributed by atoms with Crippen LogP contribution in [0.25, 0.3) is 11.1 Å². The van der Waals surface area contributed by atoms with Crippen LogP contribution >= 0.6 is 0 Å². The van der Waals surface area contributed by atoms with Crippen LogP contribution in [0.3, 0.4) is 0 Å². The molecule has 4 rings (SSSR count). The molecule has 11 heteroatoms. The molecule has 0 aliphatic carbocycles. The number of methoxy groups -OCH3 is 1. The third-order valence-electron chi connectivity index (χ3n) is 8.13. The van der Waals surface area contributed by atoms with E-state index in [0.29, 0.717) is 36.6 Å². The number of likely N-dealkylation sites (tertiary alicyclic amines) is 1. The summed E-state index contributed by atoms with van der Waals surface area (Å²) < 4.78 is 65.2. The van der Waals surface area contributed by atoms with Gasteiger partial charge >= 0.3 is 6.09 Å². The molecule has 0 radical (unpaired) electrons. The SMILES string of the molecule is CNCc1ccc(C(=O)N2CCC[C@@H]([C@@](O)(CCCNC(=O)OC)c3cc(F)cc(F)c3-c3cc(C)ccc3F)C2)c(F)c1. The Labute approximate surface area is 254 Å². The second-order valence-corrected chi connectivity index (χ2v) is 11.2. The highest BCUT2D eigenvalue weighted by Gasteiger charge is 2.44. The van der Waals surface area contributed by atoms with Gasteiger partial charge in [-0.2, -0.15) is 0 Å². The predicted molar refractivity (Wildman–Crippen MR) is 158 cm³/mol. The lowest BCUT2D eigenvalue weighted by molar-refractivity contribution is -0.0567. The molecule has 1 aliphatic rings. The van der Waals surface area contributed by atoms with Crippen LogP contribution in [0.1, 0.15) is 52.7 Å². The first-order valence-electron chi connectivity index (χ1n) is 14.5. The molecule has 44 heavy (non-hydrogen) atoms. The van der Waals surface area contributed by atoms with Gasteiger partial charge in [0.2, 0.25) is 0 Å². The lowest BCUT2D eigenvalue weighted by Crippen LogP contribution is -2.48. The number of nitrogens with zero attached hydrogens (tertiary/aromatic N) is 1. The summed E-state index contributed by atoms with van der Waals surface area (Å²) in [6, 6.07) is 10.1. The number of carbonyl (C=O) groups is 2. The van der Waals surface area contributed by atoms with Crippen molar-refractivity contribution in [3.63, 3.8) is 0 Å². The first-order chi connectivity index (χ1) is 21.0. The first-order valence-corrected chi connectivity index (χ1v) is 14.5. The van der Waals surface area contributed by atoms with E-state index < -0.39 is 46.8 Å². The summed E-state index contributed by atoms with van der Waals surface area (Å²) in [5, 5.41) is 17.9. The van der Waals surface area contributed by atoms with E-state index in [1.807, 2.05) is 0 Å². The number of benzene rings is 3. The van der Waals surface area contributed by atoms with Gasteiger partial charge in [-0.05, 0) is 81.1 Å². The zero-order chi connectivity index (χ0) is 32.0. The fourth-order valence-corrected chi connectivity index (χ4v) is 5.97. The van der Waals surface area contributed by atoms with Crippen molar-refractivity contribution >= 4 is 12.0 Å². The second-order valence-electron chi connectivity index (χ2n) is 11.2. The van der Waals surface area contributed by atoms with Gasteiger partial charge in [0.25, 0.3) is 5.91 Å². The number of piperidine rings is 1. The molecule has 3 aromatic carbocycles. The highest BCUT2D eigenvalue weighted by atomic mass is 19.1. The Balaban J connectivity index is 1.76. The molecule has 0 saturated carbocycles. The van der Waals surface area contributed by atoms with E-state index >= 15 is 8.78 Å². The van der Waals surface area contributed by atoms with Gasteiger partial charge in [-0.15, -0.1) is 0 Å². The molecule has 7 nitrogen and oxygen atoms in total. The van der Waals surface area contributed by atoms with Gasteiger partial charge in [-0.25, -0.2) is 22.4 Å². The van der Waals surface area contributed by atoms with Gasteiger partial charge in [-0.3, -0.25) is 4.79 Å². The molecule has 236 valence electrons. The number of ether oxygens (including phenoxy) is 1. The molecule has 1 saturated heterocycles. The fraction of sp³-hybridized carbons (Fsp3) is 0.394. The van der Waals surface area contributed by atoms with Crippen LogP contribution in [0.15, 0.2) is 48.5 Å². The number of hydrogen-bond donors (Lipinski definition) is 3. The Bertz CT molecular complexity index is 1520. The van der Waals surface area contributed by atoms with E-state index in [1.54, 1.807) is 20.0 Å². The van der Waals surface area contributed by atoms with Crippen molar-refractivity contribution in [3.05, 3.63) is 94.1 Å². The minimum absolute atomic E-state index is 0.0503. The average Bonchev–Trinajstić information content (AvgIpc) is 3.00. The largest absolute Gasteiger partial charge is 0.453 e. The van der Waals surface area contributed by atoms with Crippen LogP contribution in [0.5, 0.6) is 0 Å². The highest BCUT2D eigenvalue weighted by Crippen LogP contribution is 2.45. The van der Waals surface area contributed by atoms with E-state index in [4.69, 9.17) is 0 Å². The van der Waals surface area contributed by atoms with Gasteiger partial charge in [0.1, 0.15) is 23.3 Å². The molecule has 1 fully saturated rings. The lowest BCUT2D eigenvalue weighted by atomic mass is 9.72. The minimum atomic E-state index is -1.97. The van der Waals surface area contributed by atoms with E-state index in [-0.39, 0.29) is 54.7 Å². The number of aryl methyl sites for hydroxylation is 1. The maximum absolute atomic E-state index is 15.6. The second kappa shape index (κ2) is 14.2. The van der Waals surface area contributed by atoms with E-state index in [2.05, 4.69) is 15.4 Å². The number of amides is 2. The van der Waals surface area contributed by atoms with Gasteiger partial charge in [0, 0.05) is 49.3 Å². The average molecular weight is 616 g/mol. The number of halogens is 4. The van der Waals surface area contributed by atoms with Gasteiger partial charge in [0.05, 0.1) is 18.3 Å². The molecule has 2 amide bonds. The lowest BCUT2D eigenvalue weighted by Gasteiger charge is -2.43. The molecule has 0 unspecified atom stereocenters. The Morgan fingerprint density at radius 3 is 2.52 bits per heavy atom. The number of hydrogen-bond acceptors (Lipinski definition) is 5. The van der Waals surface area contributed by atoms with Crippen molar-refractivity contribution < 1.29 is 37.0 Å². The Morgan fingerprint density at radius 2 is 1.82 bits per heavy atom. The van der Waals surface area contributed by atoms with Crippen molar-refractivity contribution in [1.82, 2.24) is 15.5 Å². The van der Waals surface area contributed by atoms with Crippen molar-refractivity contribution in [2.24, 2.45) is 5.92 Å². The molecule has 2 atom stereocenters. The van der Waals surface area contributed by atoms with Gasteiger partial charge in [0.15, 0.2) is 0 Å². The first kappa shape index (κ1) is 32.9. The number of aliphatic hydroxyl groups is 1. The Kier molecular flexibility index (Phi) is 10.6. The van der Waals surface area contributed by atoms with E-state index in [0.717, 1.165) is 6.07 Å². The molecule has 0 bridgehead atoms. The van der Waals surface area contributed by atoms with Crippen molar-refractivity contribution in [2.75, 3.05) is 33.8 Å². The van der Waals surface area contributed by atoms with Crippen LogP contribution < -0.4 is 10.6 Å². The maximum Gasteiger partial charge on any atom is 0.406 e. The zero-order valence-electron chi connectivity index (χ0n) is 25.0. The highest BCUT2D eigenvalue weighted by molar-refractivity contribution is 5.94. The monoisotopic (exact) mass is 615 g/mol. The molecular weight excluding hydrogens is 578 g/mol. The van der Waals surface area contributed by atoms with Crippen LogP contribution in [0.4, 0.5) is 22.4 Å². The standard InChI is InChI=1S/C33H37F4N3O4/c1-20-7-10-27(35)25(14-20)30-26(16-23(34)17-29(30)37)33(43,11-5-12-39-32(42)44-3)22-6-4-13-40(19-22)31(41)24-9-8-21(18-38-2)15-28(24)36/h7-10,14-17,22,38,43H,4-6,11-13,18-19H2,1-3H3,(H,39,42)/t22-,33+/m1/s1. The van der Waals surface area contributed by atoms with Crippen molar-refractivity contribution in [3.8, 4) is 11.1 Å². The van der Waals surface area contributed by atoms with Crippen molar-refractivity contribution in [1.29, 1.82) is 0 Å². The molecule has 1 heterocycles. The quantitative estimate of drug-likeness (QED) is 0.198. The van der Waals surface area contributed by atoms with Crippen LogP contribution in [-0.2, 0) is 16.9 Å². The van der Waals surface area contributed by atoms with Crippen LogP contribution in [0, 0.1) is 36.1 Å². The minimum Gasteiger partial charge on any atom is -0.453 e. The smallest absolute Gasteiger partial charge is 0.406 e. The summed E-state index contributed by atoms with van der Waals surface area (Å²) in [6.45, 7) is 2.42. The summed E-state index contributed by atoms with van der Waals surface area (Å²) in [4.78, 5) is 26.6. The molecule has 0 spiro atoms. The van der Waals surface area contributed by atoms with Crippen molar-refractivity contribution in [2.45, 2.75) is 44.8 Å². The number of carbonyl (C=O) groups excluding carboxylic acids is 2. The molecule has 1 aliphatic heterocycles. The van der Waals surface area contributed by atoms with E-state index in [9.17, 15) is 23.5 Å². The number of alkyl carbamates (subject to hydrolysis) is 1. The maximum atomic E-state index is 15.6. The summed E-state index contributed by atoms with van der Waals surface area (Å²) in [7, 11) is 2.93. The summed E-state index contributed by atoms with van der Waals surface area (Å²) in [5.41, 5.74) is -1.41. The van der Waals surface area contributed by atoms with Crippen LogP contribution in [-0.4, -0.2) is 55.8 Å². The predicted octanol–water partition coefficient (Wildman–Crippen LogP) is 5.81. The molecule has 3 N–H and O–H groups in total. The van der Waals surface area contributed by atoms with Gasteiger partial charge in [-0.1, -0.05) is 17.7 Å².